The smallest absolute Gasteiger partial charge is 0.125 e. The number of aliphatic hydroxyl groups excluding tert-OH is 2. The normalized spacial score (nSPS) is 30.9. The summed E-state index contributed by atoms with van der Waals surface area (Å²) >= 11 is 0. The molecule has 1 rings (SSSR count). The second-order valence-electron chi connectivity index (χ2n) is 5.32. The summed E-state index contributed by atoms with van der Waals surface area (Å²) in [5.74, 6) is 0. The monoisotopic (exact) mass is 244 g/mol. The largest absolute Gasteiger partial charge is 0.498 e. The fourth-order valence-corrected chi connectivity index (χ4v) is 4.58. The Hall–Kier alpha value is -0.323. The van der Waals surface area contributed by atoms with Gasteiger partial charge in [-0.2, -0.15) is 0 Å². The van der Waals surface area contributed by atoms with Crippen molar-refractivity contribution in [2.75, 3.05) is 0 Å². The molecule has 0 aliphatic carbocycles. The zero-order valence-corrected chi connectivity index (χ0v) is 11.7. The van der Waals surface area contributed by atoms with Gasteiger partial charge in [0.25, 0.3) is 0 Å². The van der Waals surface area contributed by atoms with E-state index >= 15 is 0 Å². The second-order valence-corrected chi connectivity index (χ2v) is 10.1. The van der Waals surface area contributed by atoms with Crippen LogP contribution in [0.1, 0.15) is 26.7 Å². The van der Waals surface area contributed by atoms with Crippen LogP contribution in [0.25, 0.3) is 0 Å². The summed E-state index contributed by atoms with van der Waals surface area (Å²) in [4.78, 5) is 0. The average molecular weight is 244 g/mol. The van der Waals surface area contributed by atoms with Crippen molar-refractivity contribution < 1.29 is 14.9 Å². The van der Waals surface area contributed by atoms with Crippen molar-refractivity contribution in [2.24, 2.45) is 0 Å². The number of aliphatic hydroxyl groups is 2. The minimum absolute atomic E-state index is 0.302. The molecule has 4 heteroatoms. The first-order valence-electron chi connectivity index (χ1n) is 6.13. The van der Waals surface area contributed by atoms with Gasteiger partial charge in [-0.25, -0.2) is 0 Å². The molecule has 0 amide bonds. The predicted molar refractivity (Wildman–Crippen MR) is 67.8 cm³/mol. The summed E-state index contributed by atoms with van der Waals surface area (Å²) in [6, 6.07) is 1.17. The van der Waals surface area contributed by atoms with Crippen molar-refractivity contribution in [3.8, 4) is 0 Å². The molecule has 1 aliphatic heterocycles. The lowest BCUT2D eigenvalue weighted by Crippen LogP contribution is -2.45. The van der Waals surface area contributed by atoms with E-state index in [1.807, 2.05) is 6.92 Å². The van der Waals surface area contributed by atoms with Crippen molar-refractivity contribution in [1.29, 1.82) is 0 Å². The number of hydrogen-bond acceptors (Lipinski definition) is 3. The molecule has 0 spiro atoms. The van der Waals surface area contributed by atoms with Gasteiger partial charge in [-0.1, -0.05) is 38.9 Å². The molecule has 3 nitrogen and oxygen atoms in total. The Morgan fingerprint density at radius 2 is 2.00 bits per heavy atom. The molecule has 2 N–H and O–H groups in total. The molecule has 0 saturated heterocycles. The maximum Gasteiger partial charge on any atom is 0.125 e. The first-order chi connectivity index (χ1) is 7.38. The van der Waals surface area contributed by atoms with Crippen molar-refractivity contribution in [3.63, 3.8) is 0 Å². The van der Waals surface area contributed by atoms with Crippen LogP contribution in [0.3, 0.4) is 0 Å². The molecule has 1 aliphatic rings. The van der Waals surface area contributed by atoms with Gasteiger partial charge in [-0.15, -0.1) is 0 Å². The van der Waals surface area contributed by atoms with E-state index in [1.165, 1.54) is 18.9 Å². The van der Waals surface area contributed by atoms with Crippen molar-refractivity contribution >= 4 is 8.07 Å². The lowest BCUT2D eigenvalue weighted by Gasteiger charge is -2.36. The van der Waals surface area contributed by atoms with Gasteiger partial charge in [0.2, 0.25) is 0 Å². The van der Waals surface area contributed by atoms with Crippen LogP contribution in [-0.4, -0.2) is 36.6 Å². The minimum atomic E-state index is -1.57. The first-order valence-corrected chi connectivity index (χ1v) is 9.34. The highest BCUT2D eigenvalue weighted by Crippen LogP contribution is 2.29. The highest BCUT2D eigenvalue weighted by molar-refractivity contribution is 6.83. The Bertz CT molecular complexity index is 263. The quantitative estimate of drug-likeness (QED) is 0.744. The Balaban J connectivity index is 2.76. The summed E-state index contributed by atoms with van der Waals surface area (Å²) in [6.07, 6.45) is 2.24. The maximum absolute atomic E-state index is 9.72. The summed E-state index contributed by atoms with van der Waals surface area (Å²) in [5, 5.41) is 20.3. The zero-order chi connectivity index (χ0) is 12.3. The Labute approximate surface area is 99.1 Å². The van der Waals surface area contributed by atoms with E-state index in [1.54, 1.807) is 6.08 Å². The van der Waals surface area contributed by atoms with Gasteiger partial charge in [0.05, 0.1) is 5.38 Å². The number of ether oxygens (including phenoxy) is 1. The average Bonchev–Trinajstić information content (AvgIpc) is 2.22. The Morgan fingerprint density at radius 1 is 1.38 bits per heavy atom. The van der Waals surface area contributed by atoms with Crippen LogP contribution in [0, 0.1) is 0 Å². The summed E-state index contributed by atoms with van der Waals surface area (Å²) < 4.78 is 5.74. The molecule has 0 radical (unpaired) electrons. The summed E-state index contributed by atoms with van der Waals surface area (Å²) in [5.41, 5.74) is 0. The third-order valence-corrected chi connectivity index (χ3v) is 6.51. The van der Waals surface area contributed by atoms with Crippen molar-refractivity contribution in [1.82, 2.24) is 0 Å². The molecule has 1 heterocycles. The topological polar surface area (TPSA) is 49.7 Å². The van der Waals surface area contributed by atoms with Crippen molar-refractivity contribution in [2.45, 2.75) is 64.1 Å². The van der Waals surface area contributed by atoms with Crippen LogP contribution in [0.15, 0.2) is 11.5 Å². The first kappa shape index (κ1) is 13.7. The van der Waals surface area contributed by atoms with E-state index in [-0.39, 0.29) is 6.10 Å². The molecular formula is C12H24O3Si. The van der Waals surface area contributed by atoms with Gasteiger partial charge in [-0.05, 0) is 13.0 Å². The molecule has 0 aromatic carbocycles. The fraction of sp³-hybridized carbons (Fsp3) is 0.833. The van der Waals surface area contributed by atoms with Crippen molar-refractivity contribution in [3.05, 3.63) is 11.5 Å². The van der Waals surface area contributed by atoms with E-state index in [0.29, 0.717) is 0 Å². The van der Waals surface area contributed by atoms with Gasteiger partial charge < -0.3 is 14.9 Å². The van der Waals surface area contributed by atoms with Crippen LogP contribution in [-0.2, 0) is 4.74 Å². The molecule has 0 aromatic rings. The third kappa shape index (κ3) is 3.09. The highest BCUT2D eigenvalue weighted by Gasteiger charge is 2.36. The lowest BCUT2D eigenvalue weighted by molar-refractivity contribution is -0.0594. The molecule has 0 fully saturated rings. The van der Waals surface area contributed by atoms with Gasteiger partial charge in [0.1, 0.15) is 26.4 Å². The van der Waals surface area contributed by atoms with Crippen LogP contribution >= 0.6 is 0 Å². The predicted octanol–water partition coefficient (Wildman–Crippen LogP) is 2.06. The van der Waals surface area contributed by atoms with E-state index in [2.05, 4.69) is 20.0 Å². The zero-order valence-electron chi connectivity index (χ0n) is 10.7. The van der Waals surface area contributed by atoms with E-state index in [0.717, 1.165) is 5.38 Å². The molecule has 0 aromatic heterocycles. The van der Waals surface area contributed by atoms with Gasteiger partial charge in [0, 0.05) is 0 Å². The number of rotatable bonds is 4. The SMILES string of the molecule is CCCC[Si](C)(C)C1=C[C@H](O)[C@@H](O)[C@H](C)O1. The Kier molecular flexibility index (Phi) is 4.58. The molecule has 0 bridgehead atoms. The van der Waals surface area contributed by atoms with Gasteiger partial charge in [-0.3, -0.25) is 0 Å². The Morgan fingerprint density at radius 3 is 2.50 bits per heavy atom. The number of hydrogen-bond donors (Lipinski definition) is 2. The standard InChI is InChI=1S/C12H24O3Si/c1-5-6-7-16(3,4)11-8-10(13)12(14)9(2)15-11/h8-10,12-14H,5-7H2,1-4H3/t9-,10-,12-/m0/s1. The van der Waals surface area contributed by atoms with E-state index in [4.69, 9.17) is 4.74 Å². The third-order valence-electron chi connectivity index (χ3n) is 3.29. The minimum Gasteiger partial charge on any atom is -0.498 e. The fourth-order valence-electron chi connectivity index (χ4n) is 1.97. The molecule has 0 saturated carbocycles. The van der Waals surface area contributed by atoms with Crippen LogP contribution in [0.5, 0.6) is 0 Å². The van der Waals surface area contributed by atoms with Crippen LogP contribution in [0.2, 0.25) is 19.1 Å². The van der Waals surface area contributed by atoms with E-state index in [9.17, 15) is 10.2 Å². The molecular weight excluding hydrogens is 220 g/mol. The highest BCUT2D eigenvalue weighted by atomic mass is 28.3. The van der Waals surface area contributed by atoms with Crippen LogP contribution in [0.4, 0.5) is 0 Å². The van der Waals surface area contributed by atoms with Gasteiger partial charge in [0.15, 0.2) is 0 Å². The number of unbranched alkanes of at least 4 members (excludes halogenated alkanes) is 1. The molecule has 3 atom stereocenters. The van der Waals surface area contributed by atoms with E-state index < -0.39 is 20.3 Å². The second kappa shape index (κ2) is 5.34. The molecule has 16 heavy (non-hydrogen) atoms. The molecule has 94 valence electrons. The maximum atomic E-state index is 9.72. The van der Waals surface area contributed by atoms with Gasteiger partial charge >= 0.3 is 0 Å². The lowest BCUT2D eigenvalue weighted by atomic mass is 10.1. The molecule has 0 unspecified atom stereocenters. The summed E-state index contributed by atoms with van der Waals surface area (Å²) in [6.45, 7) is 8.50. The van der Waals surface area contributed by atoms with Crippen LogP contribution < -0.4 is 0 Å². The summed E-state index contributed by atoms with van der Waals surface area (Å²) in [7, 11) is -1.57.